The molecule has 0 saturated carbocycles. The molecule has 0 unspecified atom stereocenters. The highest BCUT2D eigenvalue weighted by molar-refractivity contribution is 6.36. The topological polar surface area (TPSA) is 45.4 Å². The van der Waals surface area contributed by atoms with Crippen molar-refractivity contribution in [2.45, 2.75) is 19.6 Å². The zero-order valence-corrected chi connectivity index (χ0v) is 12.0. The van der Waals surface area contributed by atoms with Gasteiger partial charge in [-0.05, 0) is 37.3 Å². The molecule has 0 fully saturated rings. The summed E-state index contributed by atoms with van der Waals surface area (Å²) in [5, 5.41) is 13.4. The normalized spacial score (nSPS) is 12.6. The quantitative estimate of drug-likeness (QED) is 0.884. The monoisotopic (exact) mass is 299 g/mol. The molecule has 19 heavy (non-hydrogen) atoms. The number of halogens is 2. The number of aliphatic hydroxyl groups excluding tert-OH is 1. The zero-order chi connectivity index (χ0) is 13.8. The van der Waals surface area contributed by atoms with E-state index in [2.05, 4.69) is 5.32 Å². The predicted molar refractivity (Wildman–Crippen MR) is 77.6 cm³/mol. The van der Waals surface area contributed by atoms with E-state index >= 15 is 0 Å². The number of furan rings is 1. The third-order valence-electron chi connectivity index (χ3n) is 2.60. The maximum Gasteiger partial charge on any atom is 0.135 e. The Morgan fingerprint density at radius 3 is 2.74 bits per heavy atom. The van der Waals surface area contributed by atoms with Gasteiger partial charge in [-0.15, -0.1) is 0 Å². The minimum atomic E-state index is -0.375. The molecule has 1 aromatic heterocycles. The summed E-state index contributed by atoms with van der Waals surface area (Å²) < 4.78 is 5.70. The van der Waals surface area contributed by atoms with Gasteiger partial charge in [-0.25, -0.2) is 0 Å². The number of rotatable bonds is 5. The molecule has 1 heterocycles. The molecule has 1 atom stereocenters. The molecule has 0 saturated heterocycles. The van der Waals surface area contributed by atoms with Crippen molar-refractivity contribution in [2.24, 2.45) is 0 Å². The summed E-state index contributed by atoms with van der Waals surface area (Å²) in [6.45, 7) is 2.82. The molecule has 2 aromatic rings. The molecule has 0 aliphatic rings. The van der Waals surface area contributed by atoms with E-state index in [0.717, 1.165) is 11.3 Å². The Labute approximate surface area is 122 Å². The van der Waals surface area contributed by atoms with Gasteiger partial charge in [-0.2, -0.15) is 0 Å². The summed E-state index contributed by atoms with van der Waals surface area (Å²) in [6.07, 6.45) is -0.375. The highest BCUT2D eigenvalue weighted by Crippen LogP contribution is 2.31. The van der Waals surface area contributed by atoms with Crippen molar-refractivity contribution in [3.8, 4) is 11.3 Å². The third-order valence-corrected chi connectivity index (χ3v) is 3.15. The van der Waals surface area contributed by atoms with E-state index in [1.54, 1.807) is 19.1 Å². The van der Waals surface area contributed by atoms with E-state index in [9.17, 15) is 0 Å². The lowest BCUT2D eigenvalue weighted by atomic mass is 10.2. The van der Waals surface area contributed by atoms with E-state index in [1.165, 1.54) is 0 Å². The van der Waals surface area contributed by atoms with Crippen LogP contribution >= 0.6 is 23.2 Å². The van der Waals surface area contributed by atoms with Gasteiger partial charge in [0.05, 0.1) is 17.7 Å². The lowest BCUT2D eigenvalue weighted by Gasteiger charge is -2.05. The predicted octanol–water partition coefficient (Wildman–Crippen LogP) is 3.72. The molecule has 102 valence electrons. The van der Waals surface area contributed by atoms with Gasteiger partial charge in [0.1, 0.15) is 11.5 Å². The Kier molecular flexibility index (Phi) is 4.88. The molecule has 0 aliphatic heterocycles. The fraction of sp³-hybridized carbons (Fsp3) is 0.286. The first kappa shape index (κ1) is 14.4. The van der Waals surface area contributed by atoms with Crippen molar-refractivity contribution in [1.29, 1.82) is 0 Å². The maximum atomic E-state index is 9.15. The van der Waals surface area contributed by atoms with E-state index in [-0.39, 0.29) is 6.10 Å². The summed E-state index contributed by atoms with van der Waals surface area (Å²) in [5.74, 6) is 1.50. The van der Waals surface area contributed by atoms with Crippen LogP contribution in [0.4, 0.5) is 0 Å². The fourth-order valence-corrected chi connectivity index (χ4v) is 2.21. The molecular weight excluding hydrogens is 285 g/mol. The second-order valence-corrected chi connectivity index (χ2v) is 5.21. The third kappa shape index (κ3) is 3.98. The van der Waals surface area contributed by atoms with Gasteiger partial charge in [0.15, 0.2) is 0 Å². The van der Waals surface area contributed by atoms with E-state index < -0.39 is 0 Å². The van der Waals surface area contributed by atoms with Crippen LogP contribution < -0.4 is 5.32 Å². The van der Waals surface area contributed by atoms with E-state index in [1.807, 2.05) is 18.2 Å². The Balaban J connectivity index is 2.08. The lowest BCUT2D eigenvalue weighted by molar-refractivity contribution is 0.190. The van der Waals surface area contributed by atoms with Crippen LogP contribution in [0.3, 0.4) is 0 Å². The van der Waals surface area contributed by atoms with Crippen LogP contribution in [0, 0.1) is 0 Å². The first-order valence-electron chi connectivity index (χ1n) is 5.99. The van der Waals surface area contributed by atoms with Crippen LogP contribution in [0.1, 0.15) is 12.7 Å². The molecule has 2 rings (SSSR count). The molecule has 0 spiro atoms. The molecule has 0 aliphatic carbocycles. The van der Waals surface area contributed by atoms with Gasteiger partial charge in [-0.1, -0.05) is 23.2 Å². The molecule has 1 aromatic carbocycles. The Hall–Kier alpha value is -1.00. The van der Waals surface area contributed by atoms with Gasteiger partial charge < -0.3 is 14.8 Å². The maximum absolute atomic E-state index is 9.15. The summed E-state index contributed by atoms with van der Waals surface area (Å²) in [5.41, 5.74) is 0.813. The Bertz CT molecular complexity index is 552. The number of hydrogen-bond donors (Lipinski definition) is 2. The number of nitrogens with one attached hydrogen (secondary N) is 1. The molecule has 0 amide bonds. The summed E-state index contributed by atoms with van der Waals surface area (Å²) in [7, 11) is 0. The van der Waals surface area contributed by atoms with E-state index in [4.69, 9.17) is 32.7 Å². The molecule has 2 N–H and O–H groups in total. The smallest absolute Gasteiger partial charge is 0.135 e. The van der Waals surface area contributed by atoms with Gasteiger partial charge >= 0.3 is 0 Å². The molecule has 3 nitrogen and oxygen atoms in total. The molecule has 0 radical (unpaired) electrons. The van der Waals surface area contributed by atoms with Gasteiger partial charge in [-0.3, -0.25) is 0 Å². The molecule has 0 bridgehead atoms. The number of hydrogen-bond acceptors (Lipinski definition) is 3. The summed E-state index contributed by atoms with van der Waals surface area (Å²) in [6, 6.07) is 9.04. The van der Waals surface area contributed by atoms with E-state index in [0.29, 0.717) is 28.9 Å². The lowest BCUT2D eigenvalue weighted by Crippen LogP contribution is -2.23. The minimum Gasteiger partial charge on any atom is -0.460 e. The Morgan fingerprint density at radius 1 is 1.26 bits per heavy atom. The second-order valence-electron chi connectivity index (χ2n) is 4.37. The molecular formula is C14H15Cl2NO2. The SMILES string of the molecule is C[C@@H](O)CNCc1ccc(-c2ccc(Cl)cc2Cl)o1. The number of benzene rings is 1. The van der Waals surface area contributed by atoms with Crippen molar-refractivity contribution in [3.63, 3.8) is 0 Å². The minimum absolute atomic E-state index is 0.375. The summed E-state index contributed by atoms with van der Waals surface area (Å²) >= 11 is 12.0. The largest absolute Gasteiger partial charge is 0.460 e. The fourth-order valence-electron chi connectivity index (χ4n) is 1.71. The van der Waals surface area contributed by atoms with Crippen LogP contribution in [0.15, 0.2) is 34.7 Å². The van der Waals surface area contributed by atoms with Crippen molar-refractivity contribution >= 4 is 23.2 Å². The van der Waals surface area contributed by atoms with Crippen LogP contribution in [0.2, 0.25) is 10.0 Å². The zero-order valence-electron chi connectivity index (χ0n) is 10.5. The van der Waals surface area contributed by atoms with Crippen LogP contribution in [-0.4, -0.2) is 17.8 Å². The highest BCUT2D eigenvalue weighted by Gasteiger charge is 2.09. The van der Waals surface area contributed by atoms with Gasteiger partial charge in [0.2, 0.25) is 0 Å². The van der Waals surface area contributed by atoms with Crippen molar-refractivity contribution in [3.05, 3.63) is 46.1 Å². The average Bonchev–Trinajstić information content (AvgIpc) is 2.77. The standard InChI is InChI=1S/C14H15Cl2NO2/c1-9(18)7-17-8-11-3-5-14(19-11)12-4-2-10(15)6-13(12)16/h2-6,9,17-18H,7-8H2,1H3/t9-/m1/s1. The van der Waals surface area contributed by atoms with Crippen molar-refractivity contribution in [2.75, 3.05) is 6.54 Å². The van der Waals surface area contributed by atoms with Gasteiger partial charge in [0, 0.05) is 17.1 Å². The highest BCUT2D eigenvalue weighted by atomic mass is 35.5. The Morgan fingerprint density at radius 2 is 2.05 bits per heavy atom. The number of aliphatic hydroxyl groups is 1. The average molecular weight is 300 g/mol. The van der Waals surface area contributed by atoms with Crippen molar-refractivity contribution < 1.29 is 9.52 Å². The second kappa shape index (κ2) is 6.44. The van der Waals surface area contributed by atoms with Gasteiger partial charge in [0.25, 0.3) is 0 Å². The van der Waals surface area contributed by atoms with Crippen LogP contribution in [-0.2, 0) is 6.54 Å². The van der Waals surface area contributed by atoms with Crippen LogP contribution in [0.5, 0.6) is 0 Å². The molecule has 5 heteroatoms. The first-order chi connectivity index (χ1) is 9.06. The van der Waals surface area contributed by atoms with Crippen LogP contribution in [0.25, 0.3) is 11.3 Å². The van der Waals surface area contributed by atoms with Crippen molar-refractivity contribution in [1.82, 2.24) is 5.32 Å². The first-order valence-corrected chi connectivity index (χ1v) is 6.75. The summed E-state index contributed by atoms with van der Waals surface area (Å²) in [4.78, 5) is 0.